The minimum atomic E-state index is -0.951. The van der Waals surface area contributed by atoms with E-state index in [0.29, 0.717) is 5.56 Å². The molecule has 0 aliphatic carbocycles. The van der Waals surface area contributed by atoms with Crippen molar-refractivity contribution in [2.75, 3.05) is 0 Å². The Morgan fingerprint density at radius 2 is 1.35 bits per heavy atom. The molecule has 0 heterocycles. The molecule has 0 bridgehead atoms. The molecule has 0 aromatic heterocycles. The summed E-state index contributed by atoms with van der Waals surface area (Å²) in [6, 6.07) is 7.78. The van der Waals surface area contributed by atoms with Crippen molar-refractivity contribution in [3.8, 4) is 0 Å². The Balaban J connectivity index is 2.08. The maximum atomic E-state index is 10.9. The summed E-state index contributed by atoms with van der Waals surface area (Å²) >= 11 is 0. The number of unbranched alkanes of at least 4 members (excludes halogenated alkanes) is 9. The first-order valence-corrected chi connectivity index (χ1v) is 9.16. The zero-order chi connectivity index (χ0) is 16.9. The van der Waals surface area contributed by atoms with Crippen LogP contribution in [0.2, 0.25) is 0 Å². The summed E-state index contributed by atoms with van der Waals surface area (Å²) in [6.45, 7) is 5.84. The van der Waals surface area contributed by atoms with Crippen LogP contribution in [0.4, 0.5) is 0 Å². The van der Waals surface area contributed by atoms with E-state index < -0.39 is 5.97 Å². The predicted octanol–water partition coefficient (Wildman–Crippen LogP) is 6.25. The first-order chi connectivity index (χ1) is 11.1. The van der Waals surface area contributed by atoms with Crippen LogP contribution in [0.25, 0.3) is 5.57 Å². The second kappa shape index (κ2) is 11.9. The van der Waals surface area contributed by atoms with E-state index in [-0.39, 0.29) is 5.57 Å². The van der Waals surface area contributed by atoms with Crippen LogP contribution >= 0.6 is 0 Å². The molecule has 1 rings (SSSR count). The van der Waals surface area contributed by atoms with E-state index in [0.717, 1.165) is 6.42 Å². The SMILES string of the molecule is C=C(C(=O)O)c1ccc(CCCCCCCCCCCC)cc1. The normalized spacial score (nSPS) is 10.7. The smallest absolute Gasteiger partial charge is 0.335 e. The monoisotopic (exact) mass is 316 g/mol. The fraction of sp³-hybridized carbons (Fsp3) is 0.571. The molecule has 1 N–H and O–H groups in total. The van der Waals surface area contributed by atoms with Crippen LogP contribution in [-0.2, 0) is 11.2 Å². The number of carbonyl (C=O) groups is 1. The molecule has 0 unspecified atom stereocenters. The third-order valence-electron chi connectivity index (χ3n) is 4.38. The number of aliphatic carboxylic acids is 1. The lowest BCUT2D eigenvalue weighted by molar-refractivity contribution is -0.130. The summed E-state index contributed by atoms with van der Waals surface area (Å²) in [6.07, 6.45) is 14.6. The number of aryl methyl sites for hydroxylation is 1. The van der Waals surface area contributed by atoms with Crippen molar-refractivity contribution in [3.63, 3.8) is 0 Å². The third-order valence-corrected chi connectivity index (χ3v) is 4.38. The van der Waals surface area contributed by atoms with Gasteiger partial charge < -0.3 is 5.11 Å². The fourth-order valence-electron chi connectivity index (χ4n) is 2.81. The number of hydrogen-bond donors (Lipinski definition) is 1. The summed E-state index contributed by atoms with van der Waals surface area (Å²) in [5, 5.41) is 8.91. The van der Waals surface area contributed by atoms with Gasteiger partial charge in [0.25, 0.3) is 0 Å². The molecule has 2 heteroatoms. The molecule has 0 fully saturated rings. The van der Waals surface area contributed by atoms with Crippen molar-refractivity contribution < 1.29 is 9.90 Å². The number of carboxylic acid groups (broad SMARTS) is 1. The maximum absolute atomic E-state index is 10.9. The van der Waals surface area contributed by atoms with Crippen molar-refractivity contribution in [3.05, 3.63) is 42.0 Å². The molecular formula is C21H32O2. The second-order valence-electron chi connectivity index (χ2n) is 6.41. The minimum Gasteiger partial charge on any atom is -0.478 e. The average Bonchev–Trinajstić information content (AvgIpc) is 2.56. The molecule has 2 nitrogen and oxygen atoms in total. The summed E-state index contributed by atoms with van der Waals surface area (Å²) < 4.78 is 0. The highest BCUT2D eigenvalue weighted by Crippen LogP contribution is 2.16. The van der Waals surface area contributed by atoms with Gasteiger partial charge in [0.2, 0.25) is 0 Å². The van der Waals surface area contributed by atoms with Crippen molar-refractivity contribution in [2.45, 2.75) is 77.6 Å². The Morgan fingerprint density at radius 3 is 1.83 bits per heavy atom. The Morgan fingerprint density at radius 1 is 0.870 bits per heavy atom. The van der Waals surface area contributed by atoms with Crippen molar-refractivity contribution in [2.24, 2.45) is 0 Å². The molecule has 128 valence electrons. The van der Waals surface area contributed by atoms with Crippen LogP contribution in [0.15, 0.2) is 30.8 Å². The van der Waals surface area contributed by atoms with Crippen molar-refractivity contribution in [1.82, 2.24) is 0 Å². The van der Waals surface area contributed by atoms with E-state index in [2.05, 4.69) is 13.5 Å². The molecule has 0 spiro atoms. The van der Waals surface area contributed by atoms with Crippen LogP contribution in [-0.4, -0.2) is 11.1 Å². The fourth-order valence-corrected chi connectivity index (χ4v) is 2.81. The quantitative estimate of drug-likeness (QED) is 0.345. The van der Waals surface area contributed by atoms with Gasteiger partial charge in [-0.1, -0.05) is 95.6 Å². The summed E-state index contributed by atoms with van der Waals surface area (Å²) in [5.74, 6) is -0.951. The average molecular weight is 316 g/mol. The number of benzene rings is 1. The molecule has 0 saturated carbocycles. The van der Waals surface area contributed by atoms with Crippen LogP contribution in [0.3, 0.4) is 0 Å². The maximum Gasteiger partial charge on any atom is 0.335 e. The molecule has 0 aliphatic heterocycles. The van der Waals surface area contributed by atoms with Gasteiger partial charge in [-0.3, -0.25) is 0 Å². The zero-order valence-electron chi connectivity index (χ0n) is 14.7. The van der Waals surface area contributed by atoms with E-state index in [1.807, 2.05) is 24.3 Å². The number of hydrogen-bond acceptors (Lipinski definition) is 1. The Hall–Kier alpha value is -1.57. The number of rotatable bonds is 13. The van der Waals surface area contributed by atoms with Gasteiger partial charge in [0, 0.05) is 0 Å². The summed E-state index contributed by atoms with van der Waals surface area (Å²) in [4.78, 5) is 10.9. The number of carboxylic acids is 1. The van der Waals surface area contributed by atoms with Crippen LogP contribution < -0.4 is 0 Å². The minimum absolute atomic E-state index is 0.162. The lowest BCUT2D eigenvalue weighted by Crippen LogP contribution is -1.98. The molecule has 0 amide bonds. The largest absolute Gasteiger partial charge is 0.478 e. The first kappa shape index (κ1) is 19.5. The van der Waals surface area contributed by atoms with E-state index >= 15 is 0 Å². The molecule has 1 aromatic rings. The van der Waals surface area contributed by atoms with Gasteiger partial charge in [0.15, 0.2) is 0 Å². The van der Waals surface area contributed by atoms with Crippen LogP contribution in [0, 0.1) is 0 Å². The predicted molar refractivity (Wildman–Crippen MR) is 98.7 cm³/mol. The Labute approximate surface area is 141 Å². The van der Waals surface area contributed by atoms with Gasteiger partial charge >= 0.3 is 5.97 Å². The standard InChI is InChI=1S/C21H32O2/c1-3-4-5-6-7-8-9-10-11-12-13-19-14-16-20(17-15-19)18(2)21(22)23/h14-17H,2-13H2,1H3,(H,22,23). The lowest BCUT2D eigenvalue weighted by Gasteiger charge is -2.05. The Bertz CT molecular complexity index is 459. The van der Waals surface area contributed by atoms with Crippen LogP contribution in [0.1, 0.15) is 82.3 Å². The molecule has 0 aliphatic rings. The molecule has 0 saturated heterocycles. The van der Waals surface area contributed by atoms with Crippen molar-refractivity contribution in [1.29, 1.82) is 0 Å². The van der Waals surface area contributed by atoms with E-state index in [9.17, 15) is 4.79 Å². The van der Waals surface area contributed by atoms with Gasteiger partial charge in [-0.05, 0) is 24.0 Å². The molecule has 23 heavy (non-hydrogen) atoms. The molecule has 1 aromatic carbocycles. The van der Waals surface area contributed by atoms with Gasteiger partial charge in [-0.2, -0.15) is 0 Å². The molecular weight excluding hydrogens is 284 g/mol. The highest BCUT2D eigenvalue weighted by atomic mass is 16.4. The highest BCUT2D eigenvalue weighted by Gasteiger charge is 2.06. The van der Waals surface area contributed by atoms with E-state index in [1.165, 1.54) is 69.8 Å². The summed E-state index contributed by atoms with van der Waals surface area (Å²) in [5.41, 5.74) is 2.14. The van der Waals surface area contributed by atoms with Gasteiger partial charge in [-0.25, -0.2) is 4.79 Å². The van der Waals surface area contributed by atoms with E-state index in [1.54, 1.807) is 0 Å². The van der Waals surface area contributed by atoms with E-state index in [4.69, 9.17) is 5.11 Å². The van der Waals surface area contributed by atoms with Gasteiger partial charge in [0.05, 0.1) is 5.57 Å². The lowest BCUT2D eigenvalue weighted by atomic mass is 10.0. The Kier molecular flexibility index (Phi) is 10.1. The first-order valence-electron chi connectivity index (χ1n) is 9.16. The summed E-state index contributed by atoms with van der Waals surface area (Å²) in [7, 11) is 0. The molecule has 0 atom stereocenters. The topological polar surface area (TPSA) is 37.3 Å². The van der Waals surface area contributed by atoms with Crippen LogP contribution in [0.5, 0.6) is 0 Å². The van der Waals surface area contributed by atoms with Crippen molar-refractivity contribution >= 4 is 11.5 Å². The second-order valence-corrected chi connectivity index (χ2v) is 6.41. The van der Waals surface area contributed by atoms with Gasteiger partial charge in [-0.15, -0.1) is 0 Å². The van der Waals surface area contributed by atoms with Gasteiger partial charge in [0.1, 0.15) is 0 Å². The molecule has 0 radical (unpaired) electrons. The highest BCUT2D eigenvalue weighted by molar-refractivity contribution is 6.14. The zero-order valence-corrected chi connectivity index (χ0v) is 14.7. The third kappa shape index (κ3) is 8.59.